The van der Waals surface area contributed by atoms with Crippen LogP contribution in [0.1, 0.15) is 36.7 Å². The Morgan fingerprint density at radius 3 is 2.38 bits per heavy atom. The number of carboxylic acids is 1. The summed E-state index contributed by atoms with van der Waals surface area (Å²) in [5, 5.41) is 9.00. The molecule has 0 atom stereocenters. The topological polar surface area (TPSA) is 64.4 Å². The van der Waals surface area contributed by atoms with Crippen LogP contribution in [0.15, 0.2) is 55.0 Å². The number of imidazole rings is 1. The first-order chi connectivity index (χ1) is 12.3. The van der Waals surface area contributed by atoms with Crippen LogP contribution in [0.4, 0.5) is 0 Å². The summed E-state index contributed by atoms with van der Waals surface area (Å²) in [5.74, 6) is -0.0686. The maximum atomic E-state index is 11.0. The molecule has 5 heteroatoms. The zero-order valence-electron chi connectivity index (χ0n) is 15.4. The molecule has 0 spiro atoms. The van der Waals surface area contributed by atoms with Gasteiger partial charge in [0.05, 0.1) is 24.7 Å². The fourth-order valence-electron chi connectivity index (χ4n) is 2.84. The summed E-state index contributed by atoms with van der Waals surface area (Å²) in [7, 11) is 1.68. The first-order valence-electron chi connectivity index (χ1n) is 8.36. The van der Waals surface area contributed by atoms with Crippen LogP contribution in [0, 0.1) is 0 Å². The number of carbonyl (C=O) groups is 1. The van der Waals surface area contributed by atoms with E-state index in [1.807, 2.05) is 22.9 Å². The van der Waals surface area contributed by atoms with Crippen LogP contribution in [-0.2, 0) is 5.41 Å². The molecule has 0 bridgehead atoms. The predicted molar refractivity (Wildman–Crippen MR) is 101 cm³/mol. The Kier molecular flexibility index (Phi) is 4.55. The minimum Gasteiger partial charge on any atom is -0.496 e. The van der Waals surface area contributed by atoms with Crippen molar-refractivity contribution in [2.24, 2.45) is 0 Å². The van der Waals surface area contributed by atoms with E-state index in [0.717, 1.165) is 28.3 Å². The molecule has 0 aliphatic heterocycles. The molecule has 5 nitrogen and oxygen atoms in total. The van der Waals surface area contributed by atoms with E-state index in [2.05, 4.69) is 31.8 Å². The molecule has 1 heterocycles. The first-order valence-corrected chi connectivity index (χ1v) is 8.36. The summed E-state index contributed by atoms with van der Waals surface area (Å²) in [5.41, 5.74) is 4.00. The maximum absolute atomic E-state index is 11.0. The third-order valence-corrected chi connectivity index (χ3v) is 4.30. The van der Waals surface area contributed by atoms with E-state index in [4.69, 9.17) is 9.84 Å². The Bertz CT molecular complexity index is 935. The second-order valence-electron chi connectivity index (χ2n) is 7.18. The van der Waals surface area contributed by atoms with E-state index in [0.29, 0.717) is 0 Å². The van der Waals surface area contributed by atoms with Crippen molar-refractivity contribution < 1.29 is 14.6 Å². The van der Waals surface area contributed by atoms with Gasteiger partial charge in [-0.2, -0.15) is 0 Å². The van der Waals surface area contributed by atoms with Crippen LogP contribution < -0.4 is 4.74 Å². The number of nitrogens with zero attached hydrogens (tertiary/aromatic N) is 2. The number of methoxy groups -OCH3 is 1. The molecule has 134 valence electrons. The van der Waals surface area contributed by atoms with Crippen LogP contribution in [0.5, 0.6) is 5.75 Å². The molecule has 26 heavy (non-hydrogen) atoms. The smallest absolute Gasteiger partial charge is 0.335 e. The minimum absolute atomic E-state index is 0.0442. The van der Waals surface area contributed by atoms with Gasteiger partial charge in [-0.15, -0.1) is 0 Å². The summed E-state index contributed by atoms with van der Waals surface area (Å²) in [6, 6.07) is 12.8. The molecule has 0 amide bonds. The fraction of sp³-hybridized carbons (Fsp3) is 0.238. The van der Waals surface area contributed by atoms with E-state index >= 15 is 0 Å². The number of rotatable bonds is 4. The molecule has 2 aromatic carbocycles. The predicted octanol–water partition coefficient (Wildman–Crippen LogP) is 4.54. The van der Waals surface area contributed by atoms with Crippen molar-refractivity contribution in [1.29, 1.82) is 0 Å². The van der Waals surface area contributed by atoms with E-state index in [1.165, 1.54) is 0 Å². The lowest BCUT2D eigenvalue weighted by Crippen LogP contribution is -2.13. The molecule has 0 fully saturated rings. The molecule has 0 unspecified atom stereocenters. The molecule has 0 aliphatic rings. The Balaban J connectivity index is 1.96. The van der Waals surface area contributed by atoms with Crippen LogP contribution in [0.25, 0.3) is 16.9 Å². The van der Waals surface area contributed by atoms with Crippen molar-refractivity contribution >= 4 is 5.97 Å². The number of benzene rings is 2. The summed E-state index contributed by atoms with van der Waals surface area (Å²) in [4.78, 5) is 15.4. The Morgan fingerprint density at radius 2 is 1.81 bits per heavy atom. The lowest BCUT2D eigenvalue weighted by molar-refractivity contribution is 0.0697. The highest BCUT2D eigenvalue weighted by Crippen LogP contribution is 2.33. The summed E-state index contributed by atoms with van der Waals surface area (Å²) in [6.07, 6.45) is 3.69. The van der Waals surface area contributed by atoms with E-state index in [9.17, 15) is 4.79 Å². The van der Waals surface area contributed by atoms with Crippen molar-refractivity contribution in [3.05, 3.63) is 66.1 Å². The number of aromatic nitrogens is 2. The van der Waals surface area contributed by atoms with Gasteiger partial charge in [-0.25, -0.2) is 9.78 Å². The van der Waals surface area contributed by atoms with Crippen LogP contribution in [-0.4, -0.2) is 27.7 Å². The highest BCUT2D eigenvalue weighted by atomic mass is 16.5. The Labute approximate surface area is 152 Å². The van der Waals surface area contributed by atoms with Gasteiger partial charge in [-0.3, -0.25) is 0 Å². The normalized spacial score (nSPS) is 11.4. The molecular formula is C21H22N2O3. The van der Waals surface area contributed by atoms with Gasteiger partial charge in [-0.1, -0.05) is 32.9 Å². The molecule has 1 aromatic heterocycles. The van der Waals surface area contributed by atoms with E-state index in [1.54, 1.807) is 37.7 Å². The average Bonchev–Trinajstić information content (AvgIpc) is 3.10. The third kappa shape index (κ3) is 3.47. The summed E-state index contributed by atoms with van der Waals surface area (Å²) >= 11 is 0. The minimum atomic E-state index is -0.935. The second-order valence-corrected chi connectivity index (χ2v) is 7.18. The number of carboxylic acid groups (broad SMARTS) is 1. The van der Waals surface area contributed by atoms with Gasteiger partial charge in [0, 0.05) is 23.0 Å². The SMILES string of the molecule is COc1ccc(-n2cnc(-c3ccc(C(=O)O)cc3)c2)cc1C(C)(C)C. The summed E-state index contributed by atoms with van der Waals surface area (Å²) in [6.45, 7) is 6.45. The van der Waals surface area contributed by atoms with Gasteiger partial charge < -0.3 is 14.4 Å². The van der Waals surface area contributed by atoms with Crippen LogP contribution >= 0.6 is 0 Å². The number of hydrogen-bond donors (Lipinski definition) is 1. The number of ether oxygens (including phenoxy) is 1. The lowest BCUT2D eigenvalue weighted by atomic mass is 9.86. The van der Waals surface area contributed by atoms with Gasteiger partial charge >= 0.3 is 5.97 Å². The van der Waals surface area contributed by atoms with E-state index < -0.39 is 5.97 Å². The highest BCUT2D eigenvalue weighted by molar-refractivity contribution is 5.88. The molecule has 0 radical (unpaired) electrons. The maximum Gasteiger partial charge on any atom is 0.335 e. The van der Waals surface area contributed by atoms with Gasteiger partial charge in [-0.05, 0) is 35.7 Å². The van der Waals surface area contributed by atoms with E-state index in [-0.39, 0.29) is 11.0 Å². The second kappa shape index (κ2) is 6.67. The van der Waals surface area contributed by atoms with Crippen molar-refractivity contribution in [2.75, 3.05) is 7.11 Å². The van der Waals surface area contributed by atoms with Crippen molar-refractivity contribution in [3.8, 4) is 22.7 Å². The molecular weight excluding hydrogens is 328 g/mol. The molecule has 3 rings (SSSR count). The number of aromatic carboxylic acids is 1. The van der Waals surface area contributed by atoms with Crippen LogP contribution in [0.3, 0.4) is 0 Å². The van der Waals surface area contributed by atoms with Gasteiger partial charge in [0.2, 0.25) is 0 Å². The van der Waals surface area contributed by atoms with Crippen molar-refractivity contribution in [3.63, 3.8) is 0 Å². The Hall–Kier alpha value is -3.08. The van der Waals surface area contributed by atoms with Gasteiger partial charge in [0.15, 0.2) is 0 Å². The molecule has 0 saturated heterocycles. The van der Waals surface area contributed by atoms with Gasteiger partial charge in [0.1, 0.15) is 5.75 Å². The summed E-state index contributed by atoms with van der Waals surface area (Å²) < 4.78 is 7.45. The zero-order valence-corrected chi connectivity index (χ0v) is 15.4. The molecule has 0 aliphatic carbocycles. The Morgan fingerprint density at radius 1 is 1.12 bits per heavy atom. The molecule has 1 N–H and O–H groups in total. The standard InChI is InChI=1S/C21H22N2O3/c1-21(2,3)17-11-16(9-10-19(17)26-4)23-12-18(22-13-23)14-5-7-15(8-6-14)20(24)25/h5-13H,1-4H3,(H,24,25). The first kappa shape index (κ1) is 17.7. The largest absolute Gasteiger partial charge is 0.496 e. The quantitative estimate of drug-likeness (QED) is 0.750. The lowest BCUT2D eigenvalue weighted by Gasteiger charge is -2.23. The third-order valence-electron chi connectivity index (χ3n) is 4.30. The monoisotopic (exact) mass is 350 g/mol. The van der Waals surface area contributed by atoms with Gasteiger partial charge in [0.25, 0.3) is 0 Å². The van der Waals surface area contributed by atoms with Crippen molar-refractivity contribution in [2.45, 2.75) is 26.2 Å². The highest BCUT2D eigenvalue weighted by Gasteiger charge is 2.19. The number of hydrogen-bond acceptors (Lipinski definition) is 3. The average molecular weight is 350 g/mol. The van der Waals surface area contributed by atoms with Crippen molar-refractivity contribution in [1.82, 2.24) is 9.55 Å². The fourth-order valence-corrected chi connectivity index (χ4v) is 2.84. The zero-order chi connectivity index (χ0) is 18.9. The molecule has 3 aromatic rings. The molecule has 0 saturated carbocycles. The van der Waals surface area contributed by atoms with Crippen LogP contribution in [0.2, 0.25) is 0 Å².